The molecule has 0 radical (unpaired) electrons. The van der Waals surface area contributed by atoms with Crippen LogP contribution < -0.4 is 5.32 Å². The van der Waals surface area contributed by atoms with Gasteiger partial charge in [0.25, 0.3) is 0 Å². The number of benzene rings is 1. The van der Waals surface area contributed by atoms with Gasteiger partial charge in [-0.25, -0.2) is 9.36 Å². The second-order valence-electron chi connectivity index (χ2n) is 7.72. The molecule has 162 valence electrons. The minimum atomic E-state index is -0.702. The number of pyridine rings is 1. The molecule has 3 rings (SSSR count). The lowest BCUT2D eigenvalue weighted by molar-refractivity contribution is -0.113. The summed E-state index contributed by atoms with van der Waals surface area (Å²) in [6, 6.07) is 13.0. The maximum atomic E-state index is 12.9. The fourth-order valence-electron chi connectivity index (χ4n) is 2.65. The number of anilines is 1. The first-order valence-electron chi connectivity index (χ1n) is 9.88. The summed E-state index contributed by atoms with van der Waals surface area (Å²) in [4.78, 5) is 29.5. The van der Waals surface area contributed by atoms with E-state index >= 15 is 0 Å². The molecule has 0 aliphatic carbocycles. The zero-order chi connectivity index (χ0) is 22.4. The van der Waals surface area contributed by atoms with Gasteiger partial charge in [0.2, 0.25) is 11.1 Å². The van der Waals surface area contributed by atoms with Gasteiger partial charge < -0.3 is 10.1 Å². The van der Waals surface area contributed by atoms with Crippen molar-refractivity contribution >= 4 is 29.4 Å². The lowest BCUT2D eigenvalue weighted by Gasteiger charge is -2.20. The Morgan fingerprint density at radius 2 is 1.84 bits per heavy atom. The zero-order valence-electron chi connectivity index (χ0n) is 18.0. The lowest BCUT2D eigenvalue weighted by atomic mass is 10.1. The molecule has 0 bridgehead atoms. The van der Waals surface area contributed by atoms with E-state index in [9.17, 15) is 9.59 Å². The fourth-order valence-corrected chi connectivity index (χ4v) is 3.37. The smallest absolute Gasteiger partial charge is 0.422 e. The fraction of sp³-hybridized carbons (Fsp3) is 0.318. The molecule has 0 unspecified atom stereocenters. The van der Waals surface area contributed by atoms with Crippen molar-refractivity contribution in [3.8, 4) is 11.5 Å². The number of rotatable bonds is 6. The molecule has 0 saturated heterocycles. The lowest BCUT2D eigenvalue weighted by Crippen LogP contribution is -2.28. The van der Waals surface area contributed by atoms with Gasteiger partial charge in [0.15, 0.2) is 5.82 Å². The Morgan fingerprint density at radius 1 is 1.10 bits per heavy atom. The Bertz CT molecular complexity index is 1040. The van der Waals surface area contributed by atoms with Gasteiger partial charge >= 0.3 is 6.09 Å². The first-order valence-corrected chi connectivity index (χ1v) is 10.9. The first kappa shape index (κ1) is 22.5. The number of aryl methyl sites for hydroxylation is 1. The van der Waals surface area contributed by atoms with Crippen molar-refractivity contribution in [3.05, 3.63) is 54.2 Å². The van der Waals surface area contributed by atoms with E-state index in [0.717, 1.165) is 18.2 Å². The molecule has 2 aromatic heterocycles. The third kappa shape index (κ3) is 6.14. The molecule has 1 aromatic carbocycles. The normalized spacial score (nSPS) is 11.2. The van der Waals surface area contributed by atoms with Gasteiger partial charge in [-0.1, -0.05) is 36.9 Å². The second-order valence-corrected chi connectivity index (χ2v) is 8.67. The Labute approximate surface area is 185 Å². The summed E-state index contributed by atoms with van der Waals surface area (Å²) in [5, 5.41) is 11.3. The Kier molecular flexibility index (Phi) is 7.06. The van der Waals surface area contributed by atoms with Crippen LogP contribution in [0, 0.1) is 0 Å². The van der Waals surface area contributed by atoms with Crippen LogP contribution in [0.3, 0.4) is 0 Å². The topological polar surface area (TPSA) is 99.0 Å². The summed E-state index contributed by atoms with van der Waals surface area (Å²) >= 11 is 1.10. The second kappa shape index (κ2) is 9.74. The van der Waals surface area contributed by atoms with Crippen molar-refractivity contribution in [1.29, 1.82) is 0 Å². The highest BCUT2D eigenvalue weighted by Gasteiger charge is 2.26. The van der Waals surface area contributed by atoms with Crippen LogP contribution in [0.25, 0.3) is 11.5 Å². The minimum absolute atomic E-state index is 0.0542. The maximum Gasteiger partial charge on any atom is 0.422 e. The molecule has 2 heterocycles. The van der Waals surface area contributed by atoms with Crippen LogP contribution in [0.1, 0.15) is 33.3 Å². The summed E-state index contributed by atoms with van der Waals surface area (Å²) < 4.78 is 6.76. The standard InChI is InChI=1S/C22H25N5O3S/c1-5-15-9-11-16(12-10-15)24-18(28)14-31-20-26-25-19(17-8-6-7-13-23-17)27(20)21(29)30-22(2,3)4/h6-13H,5,14H2,1-4H3,(H,24,28). The molecule has 0 spiro atoms. The van der Waals surface area contributed by atoms with E-state index in [4.69, 9.17) is 4.74 Å². The highest BCUT2D eigenvalue weighted by molar-refractivity contribution is 7.99. The molecule has 3 aromatic rings. The number of nitrogens with zero attached hydrogens (tertiary/aromatic N) is 4. The van der Waals surface area contributed by atoms with Gasteiger partial charge in [0.1, 0.15) is 11.3 Å². The third-order valence-corrected chi connectivity index (χ3v) is 5.01. The van der Waals surface area contributed by atoms with Gasteiger partial charge in [-0.15, -0.1) is 10.2 Å². The predicted octanol–water partition coefficient (Wildman–Crippen LogP) is 4.42. The number of amides is 1. The highest BCUT2D eigenvalue weighted by Crippen LogP contribution is 2.24. The van der Waals surface area contributed by atoms with E-state index in [-0.39, 0.29) is 22.6 Å². The van der Waals surface area contributed by atoms with Crippen LogP contribution in [0.4, 0.5) is 10.5 Å². The molecule has 1 N–H and O–H groups in total. The third-order valence-electron chi connectivity index (χ3n) is 4.08. The molecule has 0 fully saturated rings. The largest absolute Gasteiger partial charge is 0.443 e. The predicted molar refractivity (Wildman–Crippen MR) is 120 cm³/mol. The van der Waals surface area contributed by atoms with Gasteiger partial charge in [0.05, 0.1) is 5.75 Å². The highest BCUT2D eigenvalue weighted by atomic mass is 32.2. The Balaban J connectivity index is 1.77. The summed E-state index contributed by atoms with van der Waals surface area (Å²) in [6.07, 6.45) is 1.91. The maximum absolute atomic E-state index is 12.9. The molecule has 1 amide bonds. The van der Waals surface area contributed by atoms with E-state index < -0.39 is 11.7 Å². The Morgan fingerprint density at radius 3 is 2.45 bits per heavy atom. The number of carbonyl (C=O) groups excluding carboxylic acids is 2. The molecule has 0 aliphatic rings. The van der Waals surface area contributed by atoms with Crippen LogP contribution in [-0.4, -0.2) is 43.1 Å². The summed E-state index contributed by atoms with van der Waals surface area (Å²) in [5.41, 5.74) is 1.69. The number of aromatic nitrogens is 4. The molecule has 0 saturated carbocycles. The average molecular weight is 440 g/mol. The number of hydrogen-bond donors (Lipinski definition) is 1. The van der Waals surface area contributed by atoms with Crippen LogP contribution >= 0.6 is 11.8 Å². The summed E-state index contributed by atoms with van der Waals surface area (Å²) in [7, 11) is 0. The monoisotopic (exact) mass is 439 g/mol. The van der Waals surface area contributed by atoms with Crippen molar-refractivity contribution in [2.45, 2.75) is 44.9 Å². The molecule has 9 heteroatoms. The quantitative estimate of drug-likeness (QED) is 0.568. The molecule has 0 aliphatic heterocycles. The van der Waals surface area contributed by atoms with Crippen LogP contribution in [0.2, 0.25) is 0 Å². The number of hydrogen-bond acceptors (Lipinski definition) is 7. The zero-order valence-corrected chi connectivity index (χ0v) is 18.8. The van der Waals surface area contributed by atoms with Crippen LogP contribution in [0.15, 0.2) is 53.8 Å². The molecular weight excluding hydrogens is 414 g/mol. The summed E-state index contributed by atoms with van der Waals surface area (Å²) in [5.74, 6) is 0.0962. The number of carbonyl (C=O) groups is 2. The molecule has 0 atom stereocenters. The summed E-state index contributed by atoms with van der Waals surface area (Å²) in [6.45, 7) is 7.41. The van der Waals surface area contributed by atoms with Crippen molar-refractivity contribution < 1.29 is 14.3 Å². The van der Waals surface area contributed by atoms with E-state index in [0.29, 0.717) is 11.4 Å². The van der Waals surface area contributed by atoms with E-state index in [1.807, 2.05) is 24.3 Å². The molecular formula is C22H25N5O3S. The van der Waals surface area contributed by atoms with Gasteiger partial charge in [-0.05, 0) is 57.0 Å². The van der Waals surface area contributed by atoms with Crippen molar-refractivity contribution in [2.75, 3.05) is 11.1 Å². The van der Waals surface area contributed by atoms with Crippen LogP contribution in [-0.2, 0) is 16.0 Å². The average Bonchev–Trinajstić information content (AvgIpc) is 3.16. The van der Waals surface area contributed by atoms with E-state index in [1.54, 1.807) is 45.2 Å². The van der Waals surface area contributed by atoms with Gasteiger partial charge in [-0.2, -0.15) is 0 Å². The minimum Gasteiger partial charge on any atom is -0.443 e. The van der Waals surface area contributed by atoms with Gasteiger partial charge in [-0.3, -0.25) is 9.78 Å². The van der Waals surface area contributed by atoms with Crippen molar-refractivity contribution in [3.63, 3.8) is 0 Å². The van der Waals surface area contributed by atoms with Crippen molar-refractivity contribution in [1.82, 2.24) is 19.7 Å². The first-order chi connectivity index (χ1) is 14.8. The number of nitrogens with one attached hydrogen (secondary N) is 1. The number of thioether (sulfide) groups is 1. The number of ether oxygens (including phenoxy) is 1. The van der Waals surface area contributed by atoms with E-state index in [2.05, 4.69) is 27.4 Å². The SMILES string of the molecule is CCc1ccc(NC(=O)CSc2nnc(-c3ccccn3)n2C(=O)OC(C)(C)C)cc1. The molecule has 31 heavy (non-hydrogen) atoms. The van der Waals surface area contributed by atoms with E-state index in [1.165, 1.54) is 10.1 Å². The molecule has 8 nitrogen and oxygen atoms in total. The Hall–Kier alpha value is -3.20. The van der Waals surface area contributed by atoms with Gasteiger partial charge in [0, 0.05) is 11.9 Å². The van der Waals surface area contributed by atoms with Crippen LogP contribution in [0.5, 0.6) is 0 Å². The van der Waals surface area contributed by atoms with Crippen molar-refractivity contribution in [2.24, 2.45) is 0 Å².